The highest BCUT2D eigenvalue weighted by Crippen LogP contribution is 2.40. The fourth-order valence-corrected chi connectivity index (χ4v) is 3.69. The Morgan fingerprint density at radius 3 is 2.41 bits per heavy atom. The Kier molecular flexibility index (Phi) is 6.26. The van der Waals surface area contributed by atoms with Crippen LogP contribution < -0.4 is 14.2 Å². The molecule has 7 nitrogen and oxygen atoms in total. The van der Waals surface area contributed by atoms with Gasteiger partial charge in [-0.05, 0) is 25.0 Å². The molecule has 1 unspecified atom stereocenters. The van der Waals surface area contributed by atoms with Crippen LogP contribution in [0.3, 0.4) is 0 Å². The minimum Gasteiger partial charge on any atom is -0.496 e. The van der Waals surface area contributed by atoms with Gasteiger partial charge in [-0.25, -0.2) is 9.69 Å². The van der Waals surface area contributed by atoms with Crippen molar-refractivity contribution in [2.75, 3.05) is 27.9 Å². The normalized spacial score (nSPS) is 15.8. The summed E-state index contributed by atoms with van der Waals surface area (Å²) in [6.07, 6.45) is -0.0994. The van der Waals surface area contributed by atoms with Crippen molar-refractivity contribution in [3.63, 3.8) is 0 Å². The summed E-state index contributed by atoms with van der Waals surface area (Å²) in [4.78, 5) is 26.5. The van der Waals surface area contributed by atoms with Crippen LogP contribution in [0.15, 0.2) is 36.4 Å². The van der Waals surface area contributed by atoms with E-state index in [1.54, 1.807) is 13.2 Å². The lowest BCUT2D eigenvalue weighted by atomic mass is 10.0. The number of cyclic esters (lactones) is 1. The van der Waals surface area contributed by atoms with Crippen LogP contribution in [-0.2, 0) is 22.4 Å². The van der Waals surface area contributed by atoms with Gasteiger partial charge in [0.1, 0.15) is 12.4 Å². The lowest BCUT2D eigenvalue weighted by Crippen LogP contribution is -2.41. The molecule has 154 valence electrons. The minimum absolute atomic E-state index is 0.0231. The molecule has 2 amide bonds. The molecule has 0 N–H and O–H groups in total. The zero-order chi connectivity index (χ0) is 21.0. The Bertz CT molecular complexity index is 896. The maximum Gasteiger partial charge on any atom is 0.416 e. The molecule has 29 heavy (non-hydrogen) atoms. The maximum absolute atomic E-state index is 13.1. The molecule has 3 rings (SSSR count). The van der Waals surface area contributed by atoms with Crippen molar-refractivity contribution < 1.29 is 28.5 Å². The first-order chi connectivity index (χ1) is 14.0. The average Bonchev–Trinajstić information content (AvgIpc) is 3.08. The predicted octanol–water partition coefficient (Wildman–Crippen LogP) is 3.15. The van der Waals surface area contributed by atoms with Gasteiger partial charge >= 0.3 is 6.09 Å². The number of nitrogens with zero attached hydrogens (tertiary/aromatic N) is 1. The predicted molar refractivity (Wildman–Crippen MR) is 107 cm³/mol. The standard InChI is InChI=1S/C22H25NO6/c1-14-20(27-3)16(11-18(26-2)21(14)28-4)12-19(24)23-17(13-29-22(23)25)10-15-8-6-5-7-9-15/h5-9,11,17H,10,12-13H2,1-4H3. The van der Waals surface area contributed by atoms with E-state index in [4.69, 9.17) is 18.9 Å². The molecule has 7 heteroatoms. The molecular formula is C22H25NO6. The molecule has 1 heterocycles. The third-order valence-corrected chi connectivity index (χ3v) is 5.02. The van der Waals surface area contributed by atoms with Crippen molar-refractivity contribution in [2.24, 2.45) is 0 Å². The molecule has 0 radical (unpaired) electrons. The summed E-state index contributed by atoms with van der Waals surface area (Å²) < 4.78 is 21.5. The third kappa shape index (κ3) is 4.13. The van der Waals surface area contributed by atoms with E-state index in [1.807, 2.05) is 37.3 Å². The Balaban J connectivity index is 1.86. The van der Waals surface area contributed by atoms with Crippen molar-refractivity contribution in [3.8, 4) is 17.2 Å². The molecule has 1 atom stereocenters. The van der Waals surface area contributed by atoms with E-state index in [0.29, 0.717) is 29.2 Å². The largest absolute Gasteiger partial charge is 0.496 e. The van der Waals surface area contributed by atoms with E-state index < -0.39 is 6.09 Å². The number of imide groups is 1. The second kappa shape index (κ2) is 8.86. The Morgan fingerprint density at radius 2 is 1.79 bits per heavy atom. The number of methoxy groups -OCH3 is 3. The van der Waals surface area contributed by atoms with Gasteiger partial charge in [-0.15, -0.1) is 0 Å². The molecule has 1 aliphatic heterocycles. The molecule has 0 aliphatic carbocycles. The summed E-state index contributed by atoms with van der Waals surface area (Å²) in [6.45, 7) is 2.01. The van der Waals surface area contributed by atoms with Gasteiger partial charge in [-0.2, -0.15) is 0 Å². The summed E-state index contributed by atoms with van der Waals surface area (Å²) >= 11 is 0. The van der Waals surface area contributed by atoms with Gasteiger partial charge in [0.15, 0.2) is 11.5 Å². The van der Waals surface area contributed by atoms with E-state index in [-0.39, 0.29) is 25.0 Å². The summed E-state index contributed by atoms with van der Waals surface area (Å²) in [6, 6.07) is 11.1. The molecule has 0 spiro atoms. The zero-order valence-electron chi connectivity index (χ0n) is 17.1. The Morgan fingerprint density at radius 1 is 1.10 bits per heavy atom. The maximum atomic E-state index is 13.1. The topological polar surface area (TPSA) is 74.3 Å². The van der Waals surface area contributed by atoms with Crippen LogP contribution in [0, 0.1) is 6.92 Å². The van der Waals surface area contributed by atoms with Crippen LogP contribution in [0.25, 0.3) is 0 Å². The van der Waals surface area contributed by atoms with Gasteiger partial charge in [0.25, 0.3) is 0 Å². The molecule has 1 fully saturated rings. The molecule has 0 aromatic heterocycles. The number of hydrogen-bond donors (Lipinski definition) is 0. The molecule has 2 aromatic rings. The van der Waals surface area contributed by atoms with Crippen molar-refractivity contribution in [1.29, 1.82) is 0 Å². The van der Waals surface area contributed by atoms with Gasteiger partial charge in [0.2, 0.25) is 5.91 Å². The Hall–Kier alpha value is -3.22. The van der Waals surface area contributed by atoms with E-state index >= 15 is 0 Å². The van der Waals surface area contributed by atoms with Crippen LogP contribution >= 0.6 is 0 Å². The minimum atomic E-state index is -0.618. The highest BCUT2D eigenvalue weighted by Gasteiger charge is 2.38. The monoisotopic (exact) mass is 399 g/mol. The van der Waals surface area contributed by atoms with E-state index in [0.717, 1.165) is 11.1 Å². The van der Waals surface area contributed by atoms with Crippen LogP contribution in [0.5, 0.6) is 17.2 Å². The summed E-state index contributed by atoms with van der Waals surface area (Å²) in [5, 5.41) is 0. The number of amides is 2. The zero-order valence-corrected chi connectivity index (χ0v) is 17.1. The number of rotatable bonds is 7. The highest BCUT2D eigenvalue weighted by molar-refractivity contribution is 5.95. The second-order valence-corrected chi connectivity index (χ2v) is 6.79. The fraction of sp³-hybridized carbons (Fsp3) is 0.364. The summed E-state index contributed by atoms with van der Waals surface area (Å²) in [7, 11) is 4.61. The van der Waals surface area contributed by atoms with Crippen LogP contribution in [0.2, 0.25) is 0 Å². The number of ether oxygens (including phenoxy) is 4. The Labute approximate surface area is 170 Å². The van der Waals surface area contributed by atoms with Gasteiger partial charge in [0, 0.05) is 11.1 Å². The van der Waals surface area contributed by atoms with E-state index in [1.165, 1.54) is 19.1 Å². The highest BCUT2D eigenvalue weighted by atomic mass is 16.6. The first-order valence-electron chi connectivity index (χ1n) is 9.31. The fourth-order valence-electron chi connectivity index (χ4n) is 3.69. The molecule has 2 aromatic carbocycles. The second-order valence-electron chi connectivity index (χ2n) is 6.79. The van der Waals surface area contributed by atoms with Crippen molar-refractivity contribution in [1.82, 2.24) is 4.90 Å². The number of benzene rings is 2. The lowest BCUT2D eigenvalue weighted by Gasteiger charge is -2.22. The molecule has 1 saturated heterocycles. The average molecular weight is 399 g/mol. The van der Waals surface area contributed by atoms with Crippen LogP contribution in [-0.4, -0.2) is 50.9 Å². The number of carbonyl (C=O) groups excluding carboxylic acids is 2. The number of carbonyl (C=O) groups is 2. The molecule has 0 bridgehead atoms. The third-order valence-electron chi connectivity index (χ3n) is 5.02. The van der Waals surface area contributed by atoms with E-state index in [9.17, 15) is 9.59 Å². The molecule has 1 aliphatic rings. The van der Waals surface area contributed by atoms with Crippen LogP contribution in [0.4, 0.5) is 4.79 Å². The number of hydrogen-bond acceptors (Lipinski definition) is 6. The summed E-state index contributed by atoms with van der Waals surface area (Å²) in [5.74, 6) is 1.23. The van der Waals surface area contributed by atoms with Crippen molar-refractivity contribution in [2.45, 2.75) is 25.8 Å². The van der Waals surface area contributed by atoms with Crippen LogP contribution in [0.1, 0.15) is 16.7 Å². The molecular weight excluding hydrogens is 374 g/mol. The van der Waals surface area contributed by atoms with Gasteiger partial charge in [-0.3, -0.25) is 4.79 Å². The SMILES string of the molecule is COc1cc(CC(=O)N2C(=O)OCC2Cc2ccccc2)c(OC)c(C)c1OC. The van der Waals surface area contributed by atoms with Gasteiger partial charge < -0.3 is 18.9 Å². The first-order valence-corrected chi connectivity index (χ1v) is 9.31. The van der Waals surface area contributed by atoms with Crippen molar-refractivity contribution in [3.05, 3.63) is 53.1 Å². The lowest BCUT2D eigenvalue weighted by molar-refractivity contribution is -0.128. The van der Waals surface area contributed by atoms with Gasteiger partial charge in [-0.1, -0.05) is 30.3 Å². The first kappa shape index (κ1) is 20.5. The molecule has 0 saturated carbocycles. The summed E-state index contributed by atoms with van der Waals surface area (Å²) in [5.41, 5.74) is 2.38. The quantitative estimate of drug-likeness (QED) is 0.712. The van der Waals surface area contributed by atoms with Gasteiger partial charge in [0.05, 0.1) is 33.8 Å². The van der Waals surface area contributed by atoms with Crippen molar-refractivity contribution >= 4 is 12.0 Å². The van der Waals surface area contributed by atoms with E-state index in [2.05, 4.69) is 0 Å². The smallest absolute Gasteiger partial charge is 0.416 e.